The molecule has 1 unspecified atom stereocenters. The Bertz CT molecular complexity index is 259. The minimum absolute atomic E-state index is 0.0954. The minimum atomic E-state index is -0.754. The van der Waals surface area contributed by atoms with Crippen LogP contribution in [0.3, 0.4) is 0 Å². The number of carbonyl (C=O) groups excluding carboxylic acids is 2. The summed E-state index contributed by atoms with van der Waals surface area (Å²) in [4.78, 5) is 22.2. The highest BCUT2D eigenvalue weighted by Crippen LogP contribution is 2.37. The zero-order valence-electron chi connectivity index (χ0n) is 9.30. The van der Waals surface area contributed by atoms with Crippen molar-refractivity contribution in [1.29, 1.82) is 0 Å². The smallest absolute Gasteiger partial charge is 0.240 e. The third-order valence-electron chi connectivity index (χ3n) is 2.70. The first kappa shape index (κ1) is 12.0. The normalized spacial score (nSPS) is 19.1. The fourth-order valence-electron chi connectivity index (χ4n) is 1.47. The van der Waals surface area contributed by atoms with Gasteiger partial charge in [-0.05, 0) is 25.7 Å². The molecule has 0 bridgehead atoms. The standard InChI is InChI=1S/C10H19N3O2/c1-7(14)12-5-6-13-9(15)10(2,11)8-3-4-8/h8H,3-6,11H2,1-2H3,(H,12,14)(H,13,15). The molecule has 15 heavy (non-hydrogen) atoms. The summed E-state index contributed by atoms with van der Waals surface area (Å²) in [7, 11) is 0. The van der Waals surface area contributed by atoms with Gasteiger partial charge in [-0.3, -0.25) is 9.59 Å². The summed E-state index contributed by atoms with van der Waals surface area (Å²) in [6.45, 7) is 4.08. The molecule has 0 aromatic heterocycles. The average Bonchev–Trinajstić information content (AvgIpc) is 2.94. The predicted octanol–water partition coefficient (Wildman–Crippen LogP) is -0.634. The zero-order chi connectivity index (χ0) is 11.5. The Balaban J connectivity index is 2.20. The van der Waals surface area contributed by atoms with Crippen molar-refractivity contribution in [3.8, 4) is 0 Å². The molecule has 4 N–H and O–H groups in total. The highest BCUT2D eigenvalue weighted by molar-refractivity contribution is 5.86. The van der Waals surface area contributed by atoms with Crippen LogP contribution in [0.2, 0.25) is 0 Å². The molecule has 0 aromatic carbocycles. The van der Waals surface area contributed by atoms with Crippen molar-refractivity contribution in [2.45, 2.75) is 32.2 Å². The van der Waals surface area contributed by atoms with E-state index in [1.165, 1.54) is 6.92 Å². The number of nitrogens with one attached hydrogen (secondary N) is 2. The van der Waals surface area contributed by atoms with E-state index in [0.29, 0.717) is 19.0 Å². The van der Waals surface area contributed by atoms with Crippen molar-refractivity contribution in [3.63, 3.8) is 0 Å². The maximum absolute atomic E-state index is 11.6. The van der Waals surface area contributed by atoms with Gasteiger partial charge in [-0.1, -0.05) is 0 Å². The van der Waals surface area contributed by atoms with Crippen LogP contribution >= 0.6 is 0 Å². The lowest BCUT2D eigenvalue weighted by molar-refractivity contribution is -0.126. The summed E-state index contributed by atoms with van der Waals surface area (Å²) in [5.41, 5.74) is 5.15. The number of carbonyl (C=O) groups is 2. The molecule has 0 spiro atoms. The molecular weight excluding hydrogens is 194 g/mol. The fraction of sp³-hybridized carbons (Fsp3) is 0.800. The highest BCUT2D eigenvalue weighted by atomic mass is 16.2. The average molecular weight is 213 g/mol. The van der Waals surface area contributed by atoms with Crippen molar-refractivity contribution in [2.75, 3.05) is 13.1 Å². The summed E-state index contributed by atoms with van der Waals surface area (Å²) in [5, 5.41) is 5.32. The van der Waals surface area contributed by atoms with Crippen LogP contribution in [0.5, 0.6) is 0 Å². The lowest BCUT2D eigenvalue weighted by atomic mass is 9.96. The van der Waals surface area contributed by atoms with Crippen molar-refractivity contribution in [3.05, 3.63) is 0 Å². The molecule has 0 heterocycles. The van der Waals surface area contributed by atoms with Gasteiger partial charge in [0.25, 0.3) is 0 Å². The molecule has 1 fully saturated rings. The molecule has 5 heteroatoms. The van der Waals surface area contributed by atoms with Crippen LogP contribution in [0.25, 0.3) is 0 Å². The first-order valence-corrected chi connectivity index (χ1v) is 5.26. The lowest BCUT2D eigenvalue weighted by Gasteiger charge is -2.23. The SMILES string of the molecule is CC(=O)NCCNC(=O)C(C)(N)C1CC1. The molecule has 1 aliphatic rings. The second-order valence-corrected chi connectivity index (χ2v) is 4.30. The van der Waals surface area contributed by atoms with Gasteiger partial charge in [0.05, 0.1) is 5.54 Å². The molecule has 2 amide bonds. The molecule has 0 saturated heterocycles. The Morgan fingerprint density at radius 3 is 2.33 bits per heavy atom. The Morgan fingerprint density at radius 1 is 1.33 bits per heavy atom. The molecule has 0 radical (unpaired) electrons. The number of nitrogens with two attached hydrogens (primary N) is 1. The topological polar surface area (TPSA) is 84.2 Å². The van der Waals surface area contributed by atoms with E-state index < -0.39 is 5.54 Å². The quantitative estimate of drug-likeness (QED) is 0.531. The second kappa shape index (κ2) is 4.61. The van der Waals surface area contributed by atoms with E-state index in [9.17, 15) is 9.59 Å². The van der Waals surface area contributed by atoms with Crippen molar-refractivity contribution < 1.29 is 9.59 Å². The summed E-state index contributed by atoms with van der Waals surface area (Å²) in [6, 6.07) is 0. The van der Waals surface area contributed by atoms with Gasteiger partial charge in [0.1, 0.15) is 0 Å². The summed E-state index contributed by atoms with van der Waals surface area (Å²) in [6.07, 6.45) is 2.07. The number of hydrogen-bond donors (Lipinski definition) is 3. The van der Waals surface area contributed by atoms with Gasteiger partial charge in [-0.15, -0.1) is 0 Å². The van der Waals surface area contributed by atoms with Gasteiger partial charge >= 0.3 is 0 Å². The van der Waals surface area contributed by atoms with Gasteiger partial charge in [-0.25, -0.2) is 0 Å². The minimum Gasteiger partial charge on any atom is -0.355 e. The monoisotopic (exact) mass is 213 g/mol. The molecule has 0 aromatic rings. The highest BCUT2D eigenvalue weighted by Gasteiger charge is 2.43. The Morgan fingerprint density at radius 2 is 1.87 bits per heavy atom. The summed E-state index contributed by atoms with van der Waals surface area (Å²) in [5.74, 6) is 0.0931. The van der Waals surface area contributed by atoms with Crippen molar-refractivity contribution in [1.82, 2.24) is 10.6 Å². The molecule has 1 rings (SSSR count). The van der Waals surface area contributed by atoms with Crippen LogP contribution in [0.15, 0.2) is 0 Å². The maximum Gasteiger partial charge on any atom is 0.240 e. The van der Waals surface area contributed by atoms with Gasteiger partial charge in [0.2, 0.25) is 11.8 Å². The number of amides is 2. The van der Waals surface area contributed by atoms with Crippen molar-refractivity contribution >= 4 is 11.8 Å². The van der Waals surface area contributed by atoms with Crippen LogP contribution in [-0.4, -0.2) is 30.4 Å². The van der Waals surface area contributed by atoms with Gasteiger partial charge in [0.15, 0.2) is 0 Å². The van der Waals surface area contributed by atoms with Gasteiger partial charge < -0.3 is 16.4 Å². The van der Waals surface area contributed by atoms with Crippen LogP contribution in [-0.2, 0) is 9.59 Å². The van der Waals surface area contributed by atoms with Gasteiger partial charge in [-0.2, -0.15) is 0 Å². The molecular formula is C10H19N3O2. The van der Waals surface area contributed by atoms with E-state index in [0.717, 1.165) is 12.8 Å². The Labute approximate surface area is 89.8 Å². The Kier molecular flexibility index (Phi) is 3.68. The fourth-order valence-corrected chi connectivity index (χ4v) is 1.47. The van der Waals surface area contributed by atoms with E-state index in [2.05, 4.69) is 10.6 Å². The molecule has 5 nitrogen and oxygen atoms in total. The maximum atomic E-state index is 11.6. The second-order valence-electron chi connectivity index (χ2n) is 4.30. The van der Waals surface area contributed by atoms with Crippen LogP contribution in [0, 0.1) is 5.92 Å². The Hall–Kier alpha value is -1.10. The van der Waals surface area contributed by atoms with E-state index in [-0.39, 0.29) is 11.8 Å². The first-order valence-electron chi connectivity index (χ1n) is 5.26. The van der Waals surface area contributed by atoms with Gasteiger partial charge in [0, 0.05) is 20.0 Å². The van der Waals surface area contributed by atoms with Crippen molar-refractivity contribution in [2.24, 2.45) is 11.7 Å². The van der Waals surface area contributed by atoms with Crippen LogP contribution < -0.4 is 16.4 Å². The van der Waals surface area contributed by atoms with Crippen LogP contribution in [0.1, 0.15) is 26.7 Å². The first-order chi connectivity index (χ1) is 6.94. The van der Waals surface area contributed by atoms with E-state index >= 15 is 0 Å². The largest absolute Gasteiger partial charge is 0.355 e. The molecule has 1 saturated carbocycles. The molecule has 1 aliphatic carbocycles. The lowest BCUT2D eigenvalue weighted by Crippen LogP contribution is -2.54. The third-order valence-corrected chi connectivity index (χ3v) is 2.70. The molecule has 86 valence electrons. The van der Waals surface area contributed by atoms with E-state index in [4.69, 9.17) is 5.73 Å². The van der Waals surface area contributed by atoms with E-state index in [1.54, 1.807) is 6.92 Å². The molecule has 0 aliphatic heterocycles. The predicted molar refractivity (Wildman–Crippen MR) is 57.0 cm³/mol. The third kappa shape index (κ3) is 3.51. The summed E-state index contributed by atoms with van der Waals surface area (Å²) >= 11 is 0. The van der Waals surface area contributed by atoms with E-state index in [1.807, 2.05) is 0 Å². The number of rotatable bonds is 5. The number of hydrogen-bond acceptors (Lipinski definition) is 3. The molecule has 1 atom stereocenters. The summed E-state index contributed by atoms with van der Waals surface area (Å²) < 4.78 is 0. The van der Waals surface area contributed by atoms with Crippen LogP contribution in [0.4, 0.5) is 0 Å². The zero-order valence-corrected chi connectivity index (χ0v) is 9.30.